The second-order valence-corrected chi connectivity index (χ2v) is 5.75. The smallest absolute Gasteiger partial charge is 0.226 e. The minimum Gasteiger partial charge on any atom is -0.493 e. The van der Waals surface area contributed by atoms with Crippen molar-refractivity contribution in [3.63, 3.8) is 0 Å². The molecule has 0 spiro atoms. The van der Waals surface area contributed by atoms with Gasteiger partial charge in [-0.15, -0.1) is 0 Å². The Labute approximate surface area is 131 Å². The third-order valence-electron chi connectivity index (χ3n) is 4.48. The number of fused-ring (bicyclic) bond motifs is 2. The zero-order valence-corrected chi connectivity index (χ0v) is 12.9. The number of methoxy groups -OCH3 is 1. The van der Waals surface area contributed by atoms with E-state index in [9.17, 15) is 4.79 Å². The monoisotopic (exact) mass is 305 g/mol. The predicted molar refractivity (Wildman–Crippen MR) is 81.8 cm³/mol. The molecule has 5 heteroatoms. The molecule has 1 heterocycles. The first-order valence-corrected chi connectivity index (χ1v) is 7.91. The van der Waals surface area contributed by atoms with Crippen molar-refractivity contribution in [1.29, 1.82) is 0 Å². The standard InChI is InChI=1S/C17H23NO4/c1-20-17-14-7-8-15(17)22-12-10-18(14)16(19)9-11-21-13-5-3-2-4-6-13/h2-6,14-15,17H,7-12H2,1H3/t14-,15-,17-/m1/s1. The fourth-order valence-corrected chi connectivity index (χ4v) is 3.43. The van der Waals surface area contributed by atoms with E-state index >= 15 is 0 Å². The topological polar surface area (TPSA) is 48.0 Å². The lowest BCUT2D eigenvalue weighted by atomic mass is 10.1. The van der Waals surface area contributed by atoms with Crippen LogP contribution in [0.25, 0.3) is 0 Å². The van der Waals surface area contributed by atoms with Crippen molar-refractivity contribution >= 4 is 5.91 Å². The molecule has 1 saturated carbocycles. The SMILES string of the molecule is CO[C@@H]1[C@H]2CC[C@H]1OCCN2C(=O)CCOc1ccccc1. The third-order valence-corrected chi connectivity index (χ3v) is 4.48. The average Bonchev–Trinajstić information content (AvgIpc) is 2.83. The number of ether oxygens (including phenoxy) is 3. The number of benzene rings is 1. The van der Waals surface area contributed by atoms with Crippen LogP contribution in [-0.2, 0) is 14.3 Å². The van der Waals surface area contributed by atoms with Crippen LogP contribution >= 0.6 is 0 Å². The molecule has 0 radical (unpaired) electrons. The Hall–Kier alpha value is -1.59. The van der Waals surface area contributed by atoms with Crippen LogP contribution in [0.15, 0.2) is 30.3 Å². The van der Waals surface area contributed by atoms with Crippen molar-refractivity contribution in [3.05, 3.63) is 30.3 Å². The van der Waals surface area contributed by atoms with Crippen LogP contribution in [0.4, 0.5) is 0 Å². The molecule has 3 rings (SSSR count). The highest BCUT2D eigenvalue weighted by molar-refractivity contribution is 5.77. The summed E-state index contributed by atoms with van der Waals surface area (Å²) in [5.41, 5.74) is 0. The van der Waals surface area contributed by atoms with Gasteiger partial charge in [0.05, 0.1) is 31.8 Å². The van der Waals surface area contributed by atoms with E-state index in [2.05, 4.69) is 0 Å². The number of hydrogen-bond acceptors (Lipinski definition) is 4. The highest BCUT2D eigenvalue weighted by Gasteiger charge is 2.43. The van der Waals surface area contributed by atoms with Gasteiger partial charge in [-0.05, 0) is 25.0 Å². The van der Waals surface area contributed by atoms with Gasteiger partial charge in [0, 0.05) is 13.7 Å². The zero-order valence-electron chi connectivity index (χ0n) is 12.9. The summed E-state index contributed by atoms with van der Waals surface area (Å²) in [5, 5.41) is 0. The van der Waals surface area contributed by atoms with Gasteiger partial charge in [-0.3, -0.25) is 4.79 Å². The lowest BCUT2D eigenvalue weighted by molar-refractivity contribution is -0.135. The van der Waals surface area contributed by atoms with Gasteiger partial charge in [0.25, 0.3) is 0 Å². The molecule has 2 fully saturated rings. The van der Waals surface area contributed by atoms with Gasteiger partial charge in [0.15, 0.2) is 0 Å². The molecule has 2 aliphatic rings. The molecule has 0 unspecified atom stereocenters. The van der Waals surface area contributed by atoms with Crippen LogP contribution in [0.5, 0.6) is 5.75 Å². The van der Waals surface area contributed by atoms with E-state index in [0.717, 1.165) is 18.6 Å². The number of rotatable bonds is 5. The molecule has 1 aromatic carbocycles. The number of nitrogens with zero attached hydrogens (tertiary/aromatic N) is 1. The third kappa shape index (κ3) is 3.25. The minimum atomic E-state index is 0.00138. The predicted octanol–water partition coefficient (Wildman–Crippen LogP) is 1.86. The van der Waals surface area contributed by atoms with Crippen molar-refractivity contribution in [3.8, 4) is 5.75 Å². The quantitative estimate of drug-likeness (QED) is 0.833. The molecule has 5 nitrogen and oxygen atoms in total. The van der Waals surface area contributed by atoms with Gasteiger partial charge < -0.3 is 19.1 Å². The van der Waals surface area contributed by atoms with Gasteiger partial charge in [0.2, 0.25) is 5.91 Å². The molecular weight excluding hydrogens is 282 g/mol. The normalized spacial score (nSPS) is 27.5. The highest BCUT2D eigenvalue weighted by Crippen LogP contribution is 2.31. The Kier molecular flexibility index (Phi) is 4.95. The van der Waals surface area contributed by atoms with Gasteiger partial charge in [-0.1, -0.05) is 18.2 Å². The molecule has 2 bridgehead atoms. The number of hydrogen-bond donors (Lipinski definition) is 0. The van der Waals surface area contributed by atoms with Crippen LogP contribution in [0, 0.1) is 0 Å². The molecule has 22 heavy (non-hydrogen) atoms. The maximum absolute atomic E-state index is 12.5. The molecule has 1 aromatic rings. The summed E-state index contributed by atoms with van der Waals surface area (Å²) in [4.78, 5) is 14.5. The molecular formula is C17H23NO4. The first-order chi connectivity index (χ1) is 10.8. The maximum atomic E-state index is 12.5. The van der Waals surface area contributed by atoms with Crippen LogP contribution in [0.3, 0.4) is 0 Å². The summed E-state index contributed by atoms with van der Waals surface area (Å²) in [6.45, 7) is 1.63. The van der Waals surface area contributed by atoms with Crippen molar-refractivity contribution < 1.29 is 19.0 Å². The van der Waals surface area contributed by atoms with E-state index in [1.807, 2.05) is 35.2 Å². The number of carbonyl (C=O) groups excluding carboxylic acids is 1. The highest BCUT2D eigenvalue weighted by atomic mass is 16.5. The second kappa shape index (κ2) is 7.11. The molecule has 1 aliphatic heterocycles. The number of para-hydroxylation sites is 1. The maximum Gasteiger partial charge on any atom is 0.226 e. The summed E-state index contributed by atoms with van der Waals surface area (Å²) in [6, 6.07) is 9.72. The van der Waals surface area contributed by atoms with Crippen LogP contribution < -0.4 is 4.74 Å². The zero-order chi connectivity index (χ0) is 15.4. The molecule has 0 aromatic heterocycles. The number of amides is 1. The molecule has 1 amide bonds. The van der Waals surface area contributed by atoms with E-state index in [-0.39, 0.29) is 24.2 Å². The van der Waals surface area contributed by atoms with Crippen LogP contribution in [0.2, 0.25) is 0 Å². The van der Waals surface area contributed by atoms with Crippen molar-refractivity contribution in [2.75, 3.05) is 26.9 Å². The molecule has 3 atom stereocenters. The van der Waals surface area contributed by atoms with E-state index in [1.165, 1.54) is 0 Å². The molecule has 120 valence electrons. The summed E-state index contributed by atoms with van der Waals surface area (Å²) < 4.78 is 17.0. The van der Waals surface area contributed by atoms with Gasteiger partial charge in [0.1, 0.15) is 11.9 Å². The van der Waals surface area contributed by atoms with Gasteiger partial charge >= 0.3 is 0 Å². The van der Waals surface area contributed by atoms with E-state index < -0.39 is 0 Å². The lowest BCUT2D eigenvalue weighted by Crippen LogP contribution is -2.46. The van der Waals surface area contributed by atoms with Crippen molar-refractivity contribution in [2.24, 2.45) is 0 Å². The van der Waals surface area contributed by atoms with Crippen LogP contribution in [0.1, 0.15) is 19.3 Å². The van der Waals surface area contributed by atoms with E-state index in [4.69, 9.17) is 14.2 Å². The minimum absolute atomic E-state index is 0.00138. The summed E-state index contributed by atoms with van der Waals surface area (Å²) in [5.74, 6) is 0.916. The van der Waals surface area contributed by atoms with E-state index in [0.29, 0.717) is 26.2 Å². The van der Waals surface area contributed by atoms with Gasteiger partial charge in [-0.2, -0.15) is 0 Å². The Morgan fingerprint density at radius 2 is 2.14 bits per heavy atom. The molecule has 0 N–H and O–H groups in total. The summed E-state index contributed by atoms with van der Waals surface area (Å²) >= 11 is 0. The van der Waals surface area contributed by atoms with Crippen molar-refractivity contribution in [2.45, 2.75) is 37.5 Å². The Balaban J connectivity index is 1.55. The Morgan fingerprint density at radius 3 is 2.91 bits per heavy atom. The van der Waals surface area contributed by atoms with Crippen LogP contribution in [-0.4, -0.2) is 55.9 Å². The largest absolute Gasteiger partial charge is 0.493 e. The summed E-state index contributed by atoms with van der Waals surface area (Å²) in [7, 11) is 1.70. The lowest BCUT2D eigenvalue weighted by Gasteiger charge is -2.30. The summed E-state index contributed by atoms with van der Waals surface area (Å²) in [6.07, 6.45) is 2.43. The Bertz CT molecular complexity index is 493. The Morgan fingerprint density at radius 1 is 1.32 bits per heavy atom. The van der Waals surface area contributed by atoms with E-state index in [1.54, 1.807) is 7.11 Å². The average molecular weight is 305 g/mol. The second-order valence-electron chi connectivity index (χ2n) is 5.75. The fourth-order valence-electron chi connectivity index (χ4n) is 3.43. The van der Waals surface area contributed by atoms with Crippen molar-refractivity contribution in [1.82, 2.24) is 4.90 Å². The first-order valence-electron chi connectivity index (χ1n) is 7.91. The molecule has 1 aliphatic carbocycles. The number of carbonyl (C=O) groups is 1. The molecule has 1 saturated heterocycles. The fraction of sp³-hybridized carbons (Fsp3) is 0.588. The van der Waals surface area contributed by atoms with Gasteiger partial charge in [-0.25, -0.2) is 0 Å². The first kappa shape index (κ1) is 15.3.